The van der Waals surface area contributed by atoms with Gasteiger partial charge in [0.2, 0.25) is 0 Å². The normalized spacial score (nSPS) is 11.1. The van der Waals surface area contributed by atoms with E-state index in [1.807, 2.05) is 31.2 Å². The first-order chi connectivity index (χ1) is 13.2. The molecule has 0 fully saturated rings. The van der Waals surface area contributed by atoms with E-state index in [0.29, 0.717) is 39.6 Å². The highest BCUT2D eigenvalue weighted by Gasteiger charge is 2.11. The predicted octanol–water partition coefficient (Wildman–Crippen LogP) is 2.73. The number of nitrogens with one attached hydrogen (secondary N) is 1. The van der Waals surface area contributed by atoms with Crippen molar-refractivity contribution in [3.8, 4) is 0 Å². The minimum absolute atomic E-state index is 0.0180. The van der Waals surface area contributed by atoms with Crippen LogP contribution in [0.4, 0.5) is 5.69 Å². The summed E-state index contributed by atoms with van der Waals surface area (Å²) in [4.78, 5) is 15.1. The highest BCUT2D eigenvalue weighted by atomic mass is 16.5. The molecule has 0 radical (unpaired) electrons. The van der Waals surface area contributed by atoms with Gasteiger partial charge in [0, 0.05) is 12.2 Å². The summed E-state index contributed by atoms with van der Waals surface area (Å²) >= 11 is 0. The zero-order valence-corrected chi connectivity index (χ0v) is 15.8. The maximum absolute atomic E-state index is 11.9. The molecule has 148 valence electrons. The van der Waals surface area contributed by atoms with Gasteiger partial charge in [-0.25, -0.2) is 4.85 Å². The summed E-state index contributed by atoms with van der Waals surface area (Å²) in [6.07, 6.45) is 3.25. The van der Waals surface area contributed by atoms with E-state index in [2.05, 4.69) is 10.2 Å². The van der Waals surface area contributed by atoms with E-state index >= 15 is 0 Å². The van der Waals surface area contributed by atoms with Gasteiger partial charge in [-0.2, -0.15) is 0 Å². The van der Waals surface area contributed by atoms with Crippen molar-refractivity contribution < 1.29 is 24.1 Å². The summed E-state index contributed by atoms with van der Waals surface area (Å²) in [6, 6.07) is 7.41. The summed E-state index contributed by atoms with van der Waals surface area (Å²) in [7, 11) is 0. The van der Waals surface area contributed by atoms with Crippen LogP contribution < -0.4 is 5.32 Å². The predicted molar refractivity (Wildman–Crippen MR) is 104 cm³/mol. The summed E-state index contributed by atoms with van der Waals surface area (Å²) in [5, 5.41) is 11.8. The lowest BCUT2D eigenvalue weighted by atomic mass is 10.1. The zero-order valence-electron chi connectivity index (χ0n) is 15.8. The van der Waals surface area contributed by atoms with Gasteiger partial charge in [0.05, 0.1) is 46.2 Å². The van der Waals surface area contributed by atoms with Crippen LogP contribution >= 0.6 is 0 Å². The van der Waals surface area contributed by atoms with Crippen molar-refractivity contribution in [2.75, 3.05) is 51.5 Å². The minimum atomic E-state index is -0.583. The summed E-state index contributed by atoms with van der Waals surface area (Å²) < 4.78 is 15.6. The van der Waals surface area contributed by atoms with Gasteiger partial charge in [-0.15, -0.1) is 0 Å². The fourth-order valence-corrected chi connectivity index (χ4v) is 2.03. The van der Waals surface area contributed by atoms with Crippen LogP contribution in [0.2, 0.25) is 0 Å². The molecule has 0 heterocycles. The first-order valence-electron chi connectivity index (χ1n) is 9.07. The molecule has 0 saturated heterocycles. The molecule has 0 saturated carbocycles. The largest absolute Gasteiger partial charge is 0.471 e. The highest BCUT2D eigenvalue weighted by molar-refractivity contribution is 5.95. The number of hydrogen-bond donors (Lipinski definition) is 2. The number of aliphatic hydroxyl groups is 1. The average Bonchev–Trinajstić information content (AvgIpc) is 2.69. The molecular formula is C20H28N2O5. The highest BCUT2D eigenvalue weighted by Crippen LogP contribution is 2.14. The number of aliphatic hydroxyl groups excluding tert-OH is 1. The summed E-state index contributed by atoms with van der Waals surface area (Å²) in [5.41, 5.74) is 1.65. The number of anilines is 1. The Morgan fingerprint density at radius 2 is 1.85 bits per heavy atom. The molecule has 0 atom stereocenters. The van der Waals surface area contributed by atoms with E-state index in [4.69, 9.17) is 25.9 Å². The topological polar surface area (TPSA) is 81.4 Å². The second kappa shape index (κ2) is 14.7. The van der Waals surface area contributed by atoms with Crippen molar-refractivity contribution >= 4 is 17.7 Å². The summed E-state index contributed by atoms with van der Waals surface area (Å²) in [5.74, 6) is -0.583. The van der Waals surface area contributed by atoms with Crippen LogP contribution in [0, 0.1) is 6.57 Å². The Bertz CT molecular complexity index is 608. The Labute approximate surface area is 160 Å². The monoisotopic (exact) mass is 376 g/mol. The van der Waals surface area contributed by atoms with E-state index in [-0.39, 0.29) is 12.3 Å². The van der Waals surface area contributed by atoms with Crippen molar-refractivity contribution in [1.29, 1.82) is 0 Å². The van der Waals surface area contributed by atoms with E-state index in [0.717, 1.165) is 24.1 Å². The molecule has 0 spiro atoms. The lowest BCUT2D eigenvalue weighted by molar-refractivity contribution is -0.138. The molecule has 27 heavy (non-hydrogen) atoms. The number of nitrogens with zero attached hydrogens (tertiary/aromatic N) is 1. The Kier molecular flexibility index (Phi) is 12.4. The van der Waals surface area contributed by atoms with Gasteiger partial charge in [-0.1, -0.05) is 25.5 Å². The first kappa shape index (κ1) is 22.6. The lowest BCUT2D eigenvalue weighted by Crippen LogP contribution is -2.13. The molecule has 2 N–H and O–H groups in total. The van der Waals surface area contributed by atoms with Crippen LogP contribution in [0.1, 0.15) is 25.3 Å². The third-order valence-corrected chi connectivity index (χ3v) is 3.46. The number of esters is 1. The third-order valence-electron chi connectivity index (χ3n) is 3.46. The second-order valence-electron chi connectivity index (χ2n) is 5.63. The molecular weight excluding hydrogens is 348 g/mol. The third kappa shape index (κ3) is 10.4. The number of carbonyl (C=O) groups excluding carboxylic acids is 1. The fraction of sp³-hybridized carbons (Fsp3) is 0.500. The number of unbranched alkanes of at least 4 members (excludes halogenated alkanes) is 1. The molecule has 0 unspecified atom stereocenters. The van der Waals surface area contributed by atoms with E-state index in [1.165, 1.54) is 6.08 Å². The molecule has 0 bridgehead atoms. The van der Waals surface area contributed by atoms with Crippen LogP contribution in [-0.2, 0) is 19.0 Å². The number of carbonyl (C=O) groups is 1. The molecule has 0 amide bonds. The molecule has 0 aliphatic carbocycles. The Balaban J connectivity index is 2.37. The van der Waals surface area contributed by atoms with Crippen LogP contribution in [0.5, 0.6) is 0 Å². The van der Waals surface area contributed by atoms with Crippen molar-refractivity contribution in [1.82, 2.24) is 0 Å². The maximum Gasteiger partial charge on any atom is 0.336 e. The SMILES string of the molecule is [C-]#[N+]/C(=C\c1ccc(NCCOCCOCCO)cc1)C(=O)OCCCC. The molecule has 1 rings (SSSR count). The van der Waals surface area contributed by atoms with Gasteiger partial charge in [-0.05, 0) is 30.2 Å². The fourth-order valence-electron chi connectivity index (χ4n) is 2.03. The molecule has 0 aromatic heterocycles. The zero-order chi connectivity index (χ0) is 19.7. The number of benzene rings is 1. The molecule has 7 nitrogen and oxygen atoms in total. The standard InChI is InChI=1S/C20H28N2O5/c1-3-4-11-27-20(24)19(21-2)16-17-5-7-18(8-6-17)22-9-12-25-14-15-26-13-10-23/h5-8,16,22-23H,3-4,9-15H2,1H3/b19-16-. The quantitative estimate of drug-likeness (QED) is 0.225. The summed E-state index contributed by atoms with van der Waals surface area (Å²) in [6.45, 7) is 12.0. The minimum Gasteiger partial charge on any atom is -0.471 e. The van der Waals surface area contributed by atoms with E-state index in [1.54, 1.807) is 0 Å². The van der Waals surface area contributed by atoms with Crippen molar-refractivity contribution in [3.63, 3.8) is 0 Å². The van der Waals surface area contributed by atoms with E-state index < -0.39 is 5.97 Å². The van der Waals surface area contributed by atoms with Crippen molar-refractivity contribution in [3.05, 3.63) is 46.9 Å². The van der Waals surface area contributed by atoms with Gasteiger partial charge in [0.1, 0.15) is 0 Å². The van der Waals surface area contributed by atoms with E-state index in [9.17, 15) is 4.79 Å². The molecule has 7 heteroatoms. The van der Waals surface area contributed by atoms with Crippen LogP contribution in [0.15, 0.2) is 30.0 Å². The van der Waals surface area contributed by atoms with Gasteiger partial charge in [0.15, 0.2) is 0 Å². The van der Waals surface area contributed by atoms with Gasteiger partial charge in [0.25, 0.3) is 5.70 Å². The first-order valence-corrected chi connectivity index (χ1v) is 9.07. The smallest absolute Gasteiger partial charge is 0.336 e. The van der Waals surface area contributed by atoms with Gasteiger partial charge in [-0.3, -0.25) is 4.79 Å². The lowest BCUT2D eigenvalue weighted by Gasteiger charge is -2.08. The Morgan fingerprint density at radius 3 is 2.48 bits per heavy atom. The molecule has 1 aromatic carbocycles. The maximum atomic E-state index is 11.9. The molecule has 0 aliphatic rings. The number of hydrogen-bond acceptors (Lipinski definition) is 6. The van der Waals surface area contributed by atoms with Gasteiger partial charge >= 0.3 is 5.97 Å². The Morgan fingerprint density at radius 1 is 1.15 bits per heavy atom. The molecule has 0 aliphatic heterocycles. The van der Waals surface area contributed by atoms with Crippen LogP contribution in [-0.4, -0.2) is 57.3 Å². The van der Waals surface area contributed by atoms with Crippen LogP contribution in [0.3, 0.4) is 0 Å². The molecule has 1 aromatic rings. The second-order valence-corrected chi connectivity index (χ2v) is 5.63. The Hall–Kier alpha value is -2.40. The van der Waals surface area contributed by atoms with Crippen LogP contribution in [0.25, 0.3) is 10.9 Å². The number of rotatable bonds is 14. The van der Waals surface area contributed by atoms with Gasteiger partial charge < -0.3 is 24.6 Å². The number of ether oxygens (including phenoxy) is 3. The average molecular weight is 376 g/mol. The van der Waals surface area contributed by atoms with Crippen molar-refractivity contribution in [2.45, 2.75) is 19.8 Å². The van der Waals surface area contributed by atoms with Crippen molar-refractivity contribution in [2.24, 2.45) is 0 Å².